The van der Waals surface area contributed by atoms with Crippen molar-refractivity contribution < 1.29 is 33.4 Å². The number of alkyl carbamates (subject to hydrolysis) is 2. The van der Waals surface area contributed by atoms with Crippen molar-refractivity contribution in [3.63, 3.8) is 0 Å². The lowest BCUT2D eigenvalue weighted by molar-refractivity contribution is -0.140. The molecule has 5 rings (SSSR count). The number of carbonyl (C=O) groups is 5. The number of aromatic amines is 1. The molecule has 2 fully saturated rings. The Kier molecular flexibility index (Phi) is 14.2. The van der Waals surface area contributed by atoms with Crippen LogP contribution in [-0.2, 0) is 30.3 Å². The molecule has 5 amide bonds. The van der Waals surface area contributed by atoms with Crippen LogP contribution in [0.4, 0.5) is 9.59 Å². The van der Waals surface area contributed by atoms with E-state index in [4.69, 9.17) is 9.47 Å². The van der Waals surface area contributed by atoms with E-state index in [1.54, 1.807) is 81.8 Å². The molecule has 0 aliphatic carbocycles. The van der Waals surface area contributed by atoms with Gasteiger partial charge in [0.1, 0.15) is 40.8 Å². The summed E-state index contributed by atoms with van der Waals surface area (Å²) in [7, 11) is 0. The maximum Gasteiger partial charge on any atom is 0.408 e. The van der Waals surface area contributed by atoms with E-state index in [1.165, 1.54) is 0 Å². The van der Waals surface area contributed by atoms with Gasteiger partial charge in [-0.2, -0.15) is 0 Å². The van der Waals surface area contributed by atoms with Gasteiger partial charge in [0, 0.05) is 25.2 Å². The van der Waals surface area contributed by atoms with Gasteiger partial charge in [0.15, 0.2) is 0 Å². The first kappa shape index (κ1) is 43.3. The Labute approximate surface area is 341 Å². The van der Waals surface area contributed by atoms with E-state index in [0.29, 0.717) is 62.4 Å². The van der Waals surface area contributed by atoms with Crippen LogP contribution in [0.25, 0.3) is 0 Å². The Morgan fingerprint density at radius 2 is 1.47 bits per heavy atom. The van der Waals surface area contributed by atoms with E-state index < -0.39 is 41.5 Å². The summed E-state index contributed by atoms with van der Waals surface area (Å²) in [4.78, 5) is 76.9. The van der Waals surface area contributed by atoms with Crippen LogP contribution < -0.4 is 16.0 Å². The number of hydrogen-bond donors (Lipinski definition) is 4. The molecule has 2 saturated heterocycles. The standard InChI is InChI=1S/C44H57N7O7/c1-8-33(48-41(55)57-43(2,3)4)39(53)50-26-12-16-34(50)37-46-28-32(47-37)23-22-29-18-20-30(21-19-29)24-25-45-38(52)35-17-13-27-51(35)40(54)36(31-14-10-9-11-15-31)49-42(56)58-44(5,6)7/h9-11,14-15,18-21,28,33-36H,8,12-13,16-17,24-27H2,1-7H3,(H,45,52)(H,46,47)(H,48,55)(H,49,56)/t33-,34+,35+,36-/m1/s1. The third-order valence-electron chi connectivity index (χ3n) is 9.73. The highest BCUT2D eigenvalue weighted by molar-refractivity contribution is 5.92. The van der Waals surface area contributed by atoms with Gasteiger partial charge in [0.2, 0.25) is 11.8 Å². The highest BCUT2D eigenvalue weighted by Gasteiger charge is 2.39. The maximum atomic E-state index is 13.9. The van der Waals surface area contributed by atoms with Gasteiger partial charge in [0.05, 0.1) is 12.2 Å². The van der Waals surface area contributed by atoms with Gasteiger partial charge >= 0.3 is 12.2 Å². The van der Waals surface area contributed by atoms with Crippen molar-refractivity contribution >= 4 is 29.9 Å². The minimum absolute atomic E-state index is 0.170. The van der Waals surface area contributed by atoms with Crippen molar-refractivity contribution in [2.45, 2.75) is 122 Å². The number of ether oxygens (including phenoxy) is 2. The summed E-state index contributed by atoms with van der Waals surface area (Å²) in [6, 6.07) is 14.1. The number of aromatic nitrogens is 2. The Balaban J connectivity index is 1.13. The van der Waals surface area contributed by atoms with E-state index >= 15 is 0 Å². The largest absolute Gasteiger partial charge is 0.444 e. The van der Waals surface area contributed by atoms with Crippen molar-refractivity contribution in [2.75, 3.05) is 19.6 Å². The number of carbonyl (C=O) groups excluding carboxylic acids is 5. The molecule has 2 aromatic carbocycles. The lowest BCUT2D eigenvalue weighted by Crippen LogP contribution is -2.50. The van der Waals surface area contributed by atoms with Crippen molar-refractivity contribution in [1.29, 1.82) is 0 Å². The third kappa shape index (κ3) is 12.1. The highest BCUT2D eigenvalue weighted by Crippen LogP contribution is 2.31. The monoisotopic (exact) mass is 795 g/mol. The van der Waals surface area contributed by atoms with Gasteiger partial charge in [-0.05, 0) is 109 Å². The molecule has 310 valence electrons. The van der Waals surface area contributed by atoms with Crippen LogP contribution in [0, 0.1) is 11.8 Å². The number of rotatable bonds is 11. The molecule has 2 aliphatic rings. The summed E-state index contributed by atoms with van der Waals surface area (Å²) >= 11 is 0. The van der Waals surface area contributed by atoms with Crippen LogP contribution >= 0.6 is 0 Å². The lowest BCUT2D eigenvalue weighted by atomic mass is 10.0. The van der Waals surface area contributed by atoms with E-state index in [-0.39, 0.29) is 23.8 Å². The molecule has 2 aliphatic heterocycles. The predicted molar refractivity (Wildman–Crippen MR) is 218 cm³/mol. The first-order valence-electron chi connectivity index (χ1n) is 20.1. The van der Waals surface area contributed by atoms with Crippen LogP contribution in [0.2, 0.25) is 0 Å². The third-order valence-corrected chi connectivity index (χ3v) is 9.73. The minimum atomic E-state index is -0.996. The van der Waals surface area contributed by atoms with Gasteiger partial charge in [-0.25, -0.2) is 14.6 Å². The SMILES string of the molecule is CC[C@@H](NC(=O)OC(C)(C)C)C(=O)N1CCC[C@H]1c1ncc(C#Cc2ccc(CCNC(=O)[C@@H]3CCCN3C(=O)[C@H](NC(=O)OC(C)(C)C)c3ccccc3)cc2)[nH]1. The van der Waals surface area contributed by atoms with Gasteiger partial charge in [-0.1, -0.05) is 55.3 Å². The van der Waals surface area contributed by atoms with E-state index in [9.17, 15) is 24.0 Å². The first-order valence-corrected chi connectivity index (χ1v) is 20.1. The van der Waals surface area contributed by atoms with E-state index in [2.05, 4.69) is 37.8 Å². The Morgan fingerprint density at radius 1 is 0.828 bits per heavy atom. The number of nitrogens with one attached hydrogen (secondary N) is 4. The topological polar surface area (TPSA) is 175 Å². The molecular weight excluding hydrogens is 739 g/mol. The fraction of sp³-hybridized carbons (Fsp3) is 0.500. The Hall–Kier alpha value is -5.84. The average molecular weight is 796 g/mol. The van der Waals surface area contributed by atoms with Crippen LogP contribution in [-0.4, -0.2) is 92.6 Å². The quantitative estimate of drug-likeness (QED) is 0.179. The zero-order valence-electron chi connectivity index (χ0n) is 34.6. The number of hydrogen-bond acceptors (Lipinski definition) is 8. The van der Waals surface area contributed by atoms with Crippen molar-refractivity contribution in [1.82, 2.24) is 35.7 Å². The molecule has 0 bridgehead atoms. The smallest absolute Gasteiger partial charge is 0.408 e. The second-order valence-corrected chi connectivity index (χ2v) is 16.6. The molecule has 3 aromatic rings. The second-order valence-electron chi connectivity index (χ2n) is 16.6. The molecule has 0 radical (unpaired) electrons. The molecule has 58 heavy (non-hydrogen) atoms. The van der Waals surface area contributed by atoms with Gasteiger partial charge < -0.3 is 40.2 Å². The van der Waals surface area contributed by atoms with Crippen molar-refractivity contribution in [3.8, 4) is 11.8 Å². The molecule has 4 N–H and O–H groups in total. The molecule has 1 aromatic heterocycles. The summed E-state index contributed by atoms with van der Waals surface area (Å²) in [5, 5.41) is 8.44. The lowest BCUT2D eigenvalue weighted by Gasteiger charge is -2.29. The fourth-order valence-electron chi connectivity index (χ4n) is 7.04. The summed E-state index contributed by atoms with van der Waals surface area (Å²) in [5.74, 6) is 6.18. The van der Waals surface area contributed by atoms with Crippen LogP contribution in [0.3, 0.4) is 0 Å². The maximum absolute atomic E-state index is 13.9. The fourth-order valence-corrected chi connectivity index (χ4v) is 7.04. The zero-order chi connectivity index (χ0) is 42.0. The van der Waals surface area contributed by atoms with Crippen LogP contribution in [0.15, 0.2) is 60.8 Å². The van der Waals surface area contributed by atoms with E-state index in [1.807, 2.05) is 37.3 Å². The number of imidazole rings is 1. The molecule has 0 spiro atoms. The first-order chi connectivity index (χ1) is 27.5. The number of amides is 5. The average Bonchev–Trinajstić information content (AvgIpc) is 3.96. The zero-order valence-corrected chi connectivity index (χ0v) is 34.6. The molecule has 3 heterocycles. The van der Waals surface area contributed by atoms with Crippen LogP contribution in [0.1, 0.15) is 121 Å². The molecule has 0 saturated carbocycles. The number of likely N-dealkylation sites (tertiary alicyclic amines) is 2. The number of H-pyrrole nitrogens is 1. The highest BCUT2D eigenvalue weighted by atomic mass is 16.6. The second kappa shape index (κ2) is 19.1. The van der Waals surface area contributed by atoms with Crippen molar-refractivity contribution in [2.24, 2.45) is 0 Å². The van der Waals surface area contributed by atoms with Gasteiger partial charge in [-0.3, -0.25) is 14.4 Å². The molecule has 4 atom stereocenters. The summed E-state index contributed by atoms with van der Waals surface area (Å²) in [5.41, 5.74) is 1.63. The normalized spacial score (nSPS) is 17.7. The predicted octanol–water partition coefficient (Wildman–Crippen LogP) is 5.69. The van der Waals surface area contributed by atoms with E-state index in [0.717, 1.165) is 24.0 Å². The number of benzene rings is 2. The summed E-state index contributed by atoms with van der Waals surface area (Å²) in [6.07, 6.45) is 4.11. The van der Waals surface area contributed by atoms with Crippen LogP contribution in [0.5, 0.6) is 0 Å². The Bertz CT molecular complexity index is 1970. The summed E-state index contributed by atoms with van der Waals surface area (Å²) < 4.78 is 10.8. The summed E-state index contributed by atoms with van der Waals surface area (Å²) in [6.45, 7) is 13.8. The number of nitrogens with zero attached hydrogens (tertiary/aromatic N) is 3. The molecule has 14 heteroatoms. The minimum Gasteiger partial charge on any atom is -0.444 e. The molecule has 14 nitrogen and oxygen atoms in total. The molecule has 0 unspecified atom stereocenters. The van der Waals surface area contributed by atoms with Crippen molar-refractivity contribution in [3.05, 3.63) is 89.0 Å². The molecular formula is C44H57N7O7. The Morgan fingerprint density at radius 3 is 2.12 bits per heavy atom. The van der Waals surface area contributed by atoms with Gasteiger partial charge in [-0.15, -0.1) is 0 Å². The van der Waals surface area contributed by atoms with Gasteiger partial charge in [0.25, 0.3) is 5.91 Å².